The number of hydrazone groups is 1. The van der Waals surface area contributed by atoms with Gasteiger partial charge in [-0.3, -0.25) is 5.43 Å². The van der Waals surface area contributed by atoms with Gasteiger partial charge in [-0.05, 0) is 53.6 Å². The molecule has 0 fully saturated rings. The minimum atomic E-state index is -0.270. The first-order valence-electron chi connectivity index (χ1n) is 9.56. The number of halogens is 1. The van der Waals surface area contributed by atoms with E-state index >= 15 is 0 Å². The molecule has 31 heavy (non-hydrogen) atoms. The topological polar surface area (TPSA) is 55.7 Å². The predicted octanol–water partition coefficient (Wildman–Crippen LogP) is 5.98. The van der Waals surface area contributed by atoms with E-state index in [0.717, 1.165) is 22.4 Å². The molecule has 0 amide bonds. The third-order valence-electron chi connectivity index (χ3n) is 4.44. The first-order valence-corrected chi connectivity index (χ1v) is 10.4. The van der Waals surface area contributed by atoms with E-state index in [0.29, 0.717) is 23.2 Å². The van der Waals surface area contributed by atoms with Crippen LogP contribution in [0.15, 0.2) is 83.3 Å². The van der Waals surface area contributed by atoms with Gasteiger partial charge in [0, 0.05) is 10.9 Å². The lowest BCUT2D eigenvalue weighted by atomic mass is 10.2. The average molecular weight is 434 g/mol. The summed E-state index contributed by atoms with van der Waals surface area (Å²) in [6.45, 7) is 0.465. The Balaban J connectivity index is 1.38. The zero-order valence-electron chi connectivity index (χ0n) is 16.8. The molecule has 4 rings (SSSR count). The van der Waals surface area contributed by atoms with Crippen LogP contribution >= 0.6 is 11.3 Å². The van der Waals surface area contributed by atoms with Crippen LogP contribution in [0.4, 0.5) is 9.52 Å². The van der Waals surface area contributed by atoms with Gasteiger partial charge < -0.3 is 9.47 Å². The van der Waals surface area contributed by atoms with Crippen molar-refractivity contribution in [2.75, 3.05) is 12.5 Å². The smallest absolute Gasteiger partial charge is 0.203 e. The Labute approximate surface area is 183 Å². The highest BCUT2D eigenvalue weighted by Gasteiger charge is 2.06. The fraction of sp³-hybridized carbons (Fsp3) is 0.0833. The van der Waals surface area contributed by atoms with E-state index in [-0.39, 0.29) is 5.82 Å². The molecule has 3 aromatic carbocycles. The van der Waals surface area contributed by atoms with E-state index < -0.39 is 0 Å². The molecule has 1 heterocycles. The van der Waals surface area contributed by atoms with E-state index in [9.17, 15) is 4.39 Å². The summed E-state index contributed by atoms with van der Waals surface area (Å²) in [6, 6.07) is 21.8. The van der Waals surface area contributed by atoms with Crippen molar-refractivity contribution in [1.82, 2.24) is 4.98 Å². The van der Waals surface area contributed by atoms with Gasteiger partial charge in [0.1, 0.15) is 12.4 Å². The molecule has 0 saturated carbocycles. The SMILES string of the molecule is COc1cc(C=NNc2nc(-c3ccc(F)cc3)cs2)ccc1OCc1ccccc1. The number of methoxy groups -OCH3 is 1. The van der Waals surface area contributed by atoms with Crippen LogP contribution in [-0.2, 0) is 6.61 Å². The summed E-state index contributed by atoms with van der Waals surface area (Å²) in [6.07, 6.45) is 1.68. The van der Waals surface area contributed by atoms with Gasteiger partial charge in [-0.15, -0.1) is 11.3 Å². The summed E-state index contributed by atoms with van der Waals surface area (Å²) in [5, 5.41) is 6.79. The van der Waals surface area contributed by atoms with Crippen LogP contribution in [0.25, 0.3) is 11.3 Å². The summed E-state index contributed by atoms with van der Waals surface area (Å²) in [4.78, 5) is 4.47. The minimum Gasteiger partial charge on any atom is -0.493 e. The maximum atomic E-state index is 13.1. The second-order valence-electron chi connectivity index (χ2n) is 6.60. The Kier molecular flexibility index (Phi) is 6.54. The highest BCUT2D eigenvalue weighted by atomic mass is 32.1. The number of nitrogens with one attached hydrogen (secondary N) is 1. The molecule has 0 unspecified atom stereocenters. The molecule has 0 aliphatic rings. The fourth-order valence-electron chi connectivity index (χ4n) is 2.86. The van der Waals surface area contributed by atoms with Gasteiger partial charge in [-0.1, -0.05) is 30.3 Å². The van der Waals surface area contributed by atoms with Gasteiger partial charge in [0.15, 0.2) is 11.5 Å². The molecular weight excluding hydrogens is 413 g/mol. The van der Waals surface area contributed by atoms with Crippen LogP contribution in [0.2, 0.25) is 0 Å². The largest absolute Gasteiger partial charge is 0.493 e. The van der Waals surface area contributed by atoms with Gasteiger partial charge in [-0.2, -0.15) is 5.10 Å². The summed E-state index contributed by atoms with van der Waals surface area (Å²) in [5.74, 6) is 1.03. The number of hydrogen-bond donors (Lipinski definition) is 1. The van der Waals surface area contributed by atoms with E-state index in [1.165, 1.54) is 23.5 Å². The number of aromatic nitrogens is 1. The van der Waals surface area contributed by atoms with Crippen molar-refractivity contribution in [3.63, 3.8) is 0 Å². The molecular formula is C24H20FN3O2S. The molecule has 0 saturated heterocycles. The summed E-state index contributed by atoms with van der Waals surface area (Å²) < 4.78 is 24.4. The Morgan fingerprint density at radius 1 is 1.03 bits per heavy atom. The van der Waals surface area contributed by atoms with E-state index in [2.05, 4.69) is 15.5 Å². The molecule has 4 aromatic rings. The van der Waals surface area contributed by atoms with Crippen molar-refractivity contribution in [3.05, 3.63) is 95.1 Å². The minimum absolute atomic E-state index is 0.270. The second kappa shape index (κ2) is 9.86. The second-order valence-corrected chi connectivity index (χ2v) is 7.46. The van der Waals surface area contributed by atoms with Crippen molar-refractivity contribution in [2.24, 2.45) is 5.10 Å². The lowest BCUT2D eigenvalue weighted by molar-refractivity contribution is 0.284. The molecule has 156 valence electrons. The number of hydrogen-bond acceptors (Lipinski definition) is 6. The number of nitrogens with zero attached hydrogens (tertiary/aromatic N) is 2. The van der Waals surface area contributed by atoms with Crippen molar-refractivity contribution >= 4 is 22.7 Å². The average Bonchev–Trinajstić information content (AvgIpc) is 3.28. The standard InChI is InChI=1S/C24H20FN3O2S/c1-29-23-13-18(7-12-22(23)30-15-17-5-3-2-4-6-17)14-26-28-24-27-21(16-31-24)19-8-10-20(25)11-9-19/h2-14,16H,15H2,1H3,(H,27,28). The van der Waals surface area contributed by atoms with Crippen LogP contribution in [0.3, 0.4) is 0 Å². The van der Waals surface area contributed by atoms with Gasteiger partial charge in [0.25, 0.3) is 0 Å². The molecule has 1 aromatic heterocycles. The molecule has 0 radical (unpaired) electrons. The van der Waals surface area contributed by atoms with Crippen LogP contribution in [0.5, 0.6) is 11.5 Å². The summed E-state index contributed by atoms with van der Waals surface area (Å²) in [5.41, 5.74) is 6.48. The Bertz CT molecular complexity index is 1160. The number of ether oxygens (including phenoxy) is 2. The van der Waals surface area contributed by atoms with Crippen LogP contribution in [0.1, 0.15) is 11.1 Å². The highest BCUT2D eigenvalue weighted by molar-refractivity contribution is 7.14. The molecule has 0 bridgehead atoms. The van der Waals surface area contributed by atoms with Crippen LogP contribution in [0, 0.1) is 5.82 Å². The van der Waals surface area contributed by atoms with Gasteiger partial charge >= 0.3 is 0 Å². The fourth-order valence-corrected chi connectivity index (χ4v) is 3.53. The maximum absolute atomic E-state index is 13.1. The van der Waals surface area contributed by atoms with E-state index in [1.807, 2.05) is 53.9 Å². The summed E-state index contributed by atoms with van der Waals surface area (Å²) >= 11 is 1.42. The molecule has 5 nitrogen and oxygen atoms in total. The molecule has 7 heteroatoms. The predicted molar refractivity (Wildman–Crippen MR) is 122 cm³/mol. The van der Waals surface area contributed by atoms with Crippen molar-refractivity contribution < 1.29 is 13.9 Å². The quantitative estimate of drug-likeness (QED) is 0.274. The molecule has 0 aliphatic heterocycles. The summed E-state index contributed by atoms with van der Waals surface area (Å²) in [7, 11) is 1.61. The lowest BCUT2D eigenvalue weighted by Crippen LogP contribution is -1.98. The zero-order chi connectivity index (χ0) is 21.5. The van der Waals surface area contributed by atoms with Gasteiger partial charge in [0.05, 0.1) is 19.0 Å². The zero-order valence-corrected chi connectivity index (χ0v) is 17.6. The molecule has 0 spiro atoms. The normalized spacial score (nSPS) is 10.9. The monoisotopic (exact) mass is 433 g/mol. The molecule has 0 atom stereocenters. The van der Waals surface area contributed by atoms with Gasteiger partial charge in [-0.25, -0.2) is 9.37 Å². The first kappa shape index (κ1) is 20.6. The molecule has 1 N–H and O–H groups in total. The number of anilines is 1. The third-order valence-corrected chi connectivity index (χ3v) is 5.19. The Morgan fingerprint density at radius 3 is 2.61 bits per heavy atom. The lowest BCUT2D eigenvalue weighted by Gasteiger charge is -2.11. The Morgan fingerprint density at radius 2 is 1.84 bits per heavy atom. The van der Waals surface area contributed by atoms with E-state index in [1.54, 1.807) is 25.5 Å². The number of rotatable bonds is 8. The van der Waals surface area contributed by atoms with E-state index in [4.69, 9.17) is 9.47 Å². The van der Waals surface area contributed by atoms with Crippen LogP contribution < -0.4 is 14.9 Å². The highest BCUT2D eigenvalue weighted by Crippen LogP contribution is 2.29. The number of thiazole rings is 1. The van der Waals surface area contributed by atoms with Crippen molar-refractivity contribution in [1.29, 1.82) is 0 Å². The Hall–Kier alpha value is -3.71. The number of benzene rings is 3. The van der Waals surface area contributed by atoms with Crippen molar-refractivity contribution in [3.8, 4) is 22.8 Å². The van der Waals surface area contributed by atoms with Crippen LogP contribution in [-0.4, -0.2) is 18.3 Å². The maximum Gasteiger partial charge on any atom is 0.203 e. The third kappa shape index (κ3) is 5.46. The first-order chi connectivity index (χ1) is 15.2. The molecule has 0 aliphatic carbocycles. The van der Waals surface area contributed by atoms with Crippen molar-refractivity contribution in [2.45, 2.75) is 6.61 Å². The van der Waals surface area contributed by atoms with Gasteiger partial charge in [0.2, 0.25) is 5.13 Å².